The fourth-order valence-corrected chi connectivity index (χ4v) is 3.73. The van der Waals surface area contributed by atoms with Gasteiger partial charge in [0.05, 0.1) is 16.6 Å². The molecule has 0 fully saturated rings. The van der Waals surface area contributed by atoms with Crippen molar-refractivity contribution in [2.45, 2.75) is 24.8 Å². The van der Waals surface area contributed by atoms with Crippen LogP contribution in [-0.4, -0.2) is 19.3 Å². The van der Waals surface area contributed by atoms with Crippen LogP contribution in [0.25, 0.3) is 0 Å². The van der Waals surface area contributed by atoms with Gasteiger partial charge in [-0.25, -0.2) is 8.42 Å². The van der Waals surface area contributed by atoms with Crippen molar-refractivity contribution in [1.82, 2.24) is 10.3 Å². The Hall–Kier alpha value is -3.19. The molecule has 0 saturated heterocycles. The molecule has 0 saturated carbocycles. The lowest BCUT2D eigenvalue weighted by atomic mass is 10.1. The van der Waals surface area contributed by atoms with Crippen LogP contribution in [-0.2, 0) is 10.0 Å². The second-order valence-corrected chi connectivity index (χ2v) is 8.13. The van der Waals surface area contributed by atoms with Gasteiger partial charge in [0, 0.05) is 17.4 Å². The normalized spacial score (nSPS) is 12.2. The highest BCUT2D eigenvalue weighted by atomic mass is 32.2. The van der Waals surface area contributed by atoms with Crippen LogP contribution in [0, 0.1) is 6.92 Å². The third-order valence-corrected chi connectivity index (χ3v) is 5.57. The number of anilines is 1. The highest BCUT2D eigenvalue weighted by molar-refractivity contribution is 7.92. The Labute approximate surface area is 164 Å². The zero-order valence-corrected chi connectivity index (χ0v) is 16.4. The van der Waals surface area contributed by atoms with E-state index in [4.69, 9.17) is 0 Å². The maximum Gasteiger partial charge on any atom is 0.261 e. The molecule has 3 aromatic rings. The molecular formula is C21H21N3O3S. The van der Waals surface area contributed by atoms with Crippen LogP contribution >= 0.6 is 0 Å². The Bertz CT molecular complexity index is 1070. The van der Waals surface area contributed by atoms with Crippen molar-refractivity contribution < 1.29 is 13.2 Å². The van der Waals surface area contributed by atoms with E-state index in [1.165, 1.54) is 12.1 Å². The van der Waals surface area contributed by atoms with E-state index in [-0.39, 0.29) is 22.4 Å². The van der Waals surface area contributed by atoms with Gasteiger partial charge in [-0.15, -0.1) is 0 Å². The smallest absolute Gasteiger partial charge is 0.261 e. The first-order chi connectivity index (χ1) is 13.3. The van der Waals surface area contributed by atoms with Crippen molar-refractivity contribution >= 4 is 21.6 Å². The minimum atomic E-state index is -3.81. The van der Waals surface area contributed by atoms with Gasteiger partial charge in [-0.05, 0) is 56.3 Å². The number of nitrogens with one attached hydrogen (secondary N) is 2. The summed E-state index contributed by atoms with van der Waals surface area (Å²) >= 11 is 0. The number of nitrogens with zero attached hydrogens (tertiary/aromatic N) is 1. The summed E-state index contributed by atoms with van der Waals surface area (Å²) in [6.07, 6.45) is 1.65. The quantitative estimate of drug-likeness (QED) is 0.666. The highest BCUT2D eigenvalue weighted by Gasteiger charge is 2.18. The second kappa shape index (κ2) is 8.22. The van der Waals surface area contributed by atoms with E-state index >= 15 is 0 Å². The summed E-state index contributed by atoms with van der Waals surface area (Å²) in [5.41, 5.74) is 2.48. The minimum Gasteiger partial charge on any atom is -0.344 e. The van der Waals surface area contributed by atoms with Crippen LogP contribution < -0.4 is 10.0 Å². The predicted octanol–water partition coefficient (Wildman–Crippen LogP) is 3.68. The summed E-state index contributed by atoms with van der Waals surface area (Å²) in [4.78, 5) is 16.8. The van der Waals surface area contributed by atoms with Gasteiger partial charge in [-0.3, -0.25) is 14.5 Å². The molecule has 28 heavy (non-hydrogen) atoms. The van der Waals surface area contributed by atoms with Gasteiger partial charge in [-0.1, -0.05) is 29.8 Å². The SMILES string of the molecule is Cc1ccc(NS(=O)(=O)c2cccc(C(=O)N[C@@H](C)c3ccccn3)c2)cc1. The molecule has 0 aliphatic heterocycles. The third-order valence-electron chi connectivity index (χ3n) is 4.19. The molecule has 0 bridgehead atoms. The molecule has 0 radical (unpaired) electrons. The Morgan fingerprint density at radius 2 is 1.75 bits per heavy atom. The van der Waals surface area contributed by atoms with Crippen molar-refractivity contribution in [3.05, 3.63) is 89.7 Å². The van der Waals surface area contributed by atoms with Crippen molar-refractivity contribution in [2.24, 2.45) is 0 Å². The molecule has 1 heterocycles. The molecule has 1 amide bonds. The van der Waals surface area contributed by atoms with Crippen molar-refractivity contribution in [3.63, 3.8) is 0 Å². The molecule has 144 valence electrons. The van der Waals surface area contributed by atoms with E-state index in [0.29, 0.717) is 5.69 Å². The summed E-state index contributed by atoms with van der Waals surface area (Å²) in [5.74, 6) is -0.370. The van der Waals surface area contributed by atoms with Crippen molar-refractivity contribution in [3.8, 4) is 0 Å². The summed E-state index contributed by atoms with van der Waals surface area (Å²) in [7, 11) is -3.81. The number of sulfonamides is 1. The lowest BCUT2D eigenvalue weighted by Gasteiger charge is -2.14. The molecule has 0 aliphatic carbocycles. The number of carbonyl (C=O) groups is 1. The summed E-state index contributed by atoms with van der Waals surface area (Å²) < 4.78 is 27.8. The van der Waals surface area contributed by atoms with Crippen LogP contribution in [0.15, 0.2) is 77.8 Å². The molecule has 1 aromatic heterocycles. The number of hydrogen-bond donors (Lipinski definition) is 2. The van der Waals surface area contributed by atoms with Gasteiger partial charge in [0.1, 0.15) is 0 Å². The third kappa shape index (κ3) is 4.75. The Morgan fingerprint density at radius 1 is 1.00 bits per heavy atom. The number of amides is 1. The largest absolute Gasteiger partial charge is 0.344 e. The van der Waals surface area contributed by atoms with Gasteiger partial charge in [0.2, 0.25) is 0 Å². The van der Waals surface area contributed by atoms with Crippen LogP contribution in [0.2, 0.25) is 0 Å². The van der Waals surface area contributed by atoms with Crippen LogP contribution in [0.3, 0.4) is 0 Å². The van der Waals surface area contributed by atoms with E-state index < -0.39 is 10.0 Å². The highest BCUT2D eigenvalue weighted by Crippen LogP contribution is 2.18. The summed E-state index contributed by atoms with van der Waals surface area (Å²) in [5, 5.41) is 2.83. The van der Waals surface area contributed by atoms with E-state index in [1.54, 1.807) is 36.5 Å². The average molecular weight is 395 g/mol. The van der Waals surface area contributed by atoms with E-state index in [1.807, 2.05) is 38.1 Å². The molecule has 1 atom stereocenters. The molecular weight excluding hydrogens is 374 g/mol. The summed E-state index contributed by atoms with van der Waals surface area (Å²) in [6.45, 7) is 3.74. The summed E-state index contributed by atoms with van der Waals surface area (Å²) in [6, 6.07) is 18.1. The standard InChI is InChI=1S/C21H21N3O3S/c1-15-9-11-18(12-10-15)24-28(26,27)19-7-5-6-17(14-19)21(25)23-16(2)20-8-3-4-13-22-20/h3-14,16,24H,1-2H3,(H,23,25)/t16-/m0/s1. The molecule has 2 N–H and O–H groups in total. The Kier molecular flexibility index (Phi) is 5.75. The Morgan fingerprint density at radius 3 is 2.43 bits per heavy atom. The van der Waals surface area contributed by atoms with Gasteiger partial charge in [0.25, 0.3) is 15.9 Å². The van der Waals surface area contributed by atoms with E-state index in [0.717, 1.165) is 11.3 Å². The fourth-order valence-electron chi connectivity index (χ4n) is 2.63. The zero-order chi connectivity index (χ0) is 20.1. The number of pyridine rings is 1. The Balaban J connectivity index is 1.77. The van der Waals surface area contributed by atoms with Crippen LogP contribution in [0.4, 0.5) is 5.69 Å². The molecule has 2 aromatic carbocycles. The maximum absolute atomic E-state index is 12.7. The zero-order valence-electron chi connectivity index (χ0n) is 15.6. The fraction of sp³-hybridized carbons (Fsp3) is 0.143. The first-order valence-corrected chi connectivity index (χ1v) is 10.2. The minimum absolute atomic E-state index is 0.0196. The first kappa shape index (κ1) is 19.6. The van der Waals surface area contributed by atoms with Crippen molar-refractivity contribution in [2.75, 3.05) is 4.72 Å². The lowest BCUT2D eigenvalue weighted by Crippen LogP contribution is -2.27. The number of rotatable bonds is 6. The lowest BCUT2D eigenvalue weighted by molar-refractivity contribution is 0.0939. The van der Waals surface area contributed by atoms with Gasteiger partial charge < -0.3 is 5.32 Å². The molecule has 0 unspecified atom stereocenters. The number of aryl methyl sites for hydroxylation is 1. The van der Waals surface area contributed by atoms with Crippen LogP contribution in [0.5, 0.6) is 0 Å². The second-order valence-electron chi connectivity index (χ2n) is 6.45. The molecule has 0 spiro atoms. The maximum atomic E-state index is 12.7. The number of aromatic nitrogens is 1. The van der Waals surface area contributed by atoms with Gasteiger partial charge in [0.15, 0.2) is 0 Å². The topological polar surface area (TPSA) is 88.2 Å². The molecule has 6 nitrogen and oxygen atoms in total. The molecule has 7 heteroatoms. The monoisotopic (exact) mass is 395 g/mol. The first-order valence-electron chi connectivity index (χ1n) is 8.76. The number of hydrogen-bond acceptors (Lipinski definition) is 4. The van der Waals surface area contributed by atoms with Gasteiger partial charge in [-0.2, -0.15) is 0 Å². The number of benzene rings is 2. The van der Waals surface area contributed by atoms with Gasteiger partial charge >= 0.3 is 0 Å². The molecule has 3 rings (SSSR count). The molecule has 0 aliphatic rings. The predicted molar refractivity (Wildman–Crippen MR) is 109 cm³/mol. The van der Waals surface area contributed by atoms with E-state index in [2.05, 4.69) is 15.0 Å². The van der Waals surface area contributed by atoms with E-state index in [9.17, 15) is 13.2 Å². The number of carbonyl (C=O) groups excluding carboxylic acids is 1. The van der Waals surface area contributed by atoms with Crippen LogP contribution in [0.1, 0.15) is 34.6 Å². The average Bonchev–Trinajstić information content (AvgIpc) is 2.70. The van der Waals surface area contributed by atoms with Crippen molar-refractivity contribution in [1.29, 1.82) is 0 Å².